The van der Waals surface area contributed by atoms with Crippen LogP contribution in [0.5, 0.6) is 0 Å². The molecular weight excluding hydrogens is 608 g/mol. The molecule has 2 heterocycles. The van der Waals surface area contributed by atoms with Gasteiger partial charge in [-0.15, -0.1) is 0 Å². The zero-order valence-electron chi connectivity index (χ0n) is 26.0. The summed E-state index contributed by atoms with van der Waals surface area (Å²) in [6.07, 6.45) is 9.37. The summed E-state index contributed by atoms with van der Waals surface area (Å²) in [5.74, 6) is 0.600. The molecule has 0 aliphatic heterocycles. The molecule has 9 rings (SSSR count). The van der Waals surface area contributed by atoms with E-state index in [1.54, 1.807) is 0 Å². The van der Waals surface area contributed by atoms with Gasteiger partial charge in [0.15, 0.2) is 5.58 Å². The van der Waals surface area contributed by atoms with Crippen molar-refractivity contribution in [3.8, 4) is 27.9 Å². The number of rotatable bonds is 5. The second-order valence-corrected chi connectivity index (χ2v) is 12.4. The predicted octanol–water partition coefficient (Wildman–Crippen LogP) is 12.3. The molecule has 0 fully saturated rings. The SMILES string of the molecule is Clc1cccc2nc(C3=CC=C(c4ccccc4-c4ccccc4-c4ccc5c(c4)c4ccccc4n5-c4ccccc4)C=CC3)oc12. The Labute approximate surface area is 283 Å². The van der Waals surface area contributed by atoms with Crippen molar-refractivity contribution < 1.29 is 4.42 Å². The number of para-hydroxylation sites is 3. The van der Waals surface area contributed by atoms with Gasteiger partial charge in [0.25, 0.3) is 0 Å². The fourth-order valence-electron chi connectivity index (χ4n) is 6.95. The van der Waals surface area contributed by atoms with Gasteiger partial charge in [0.1, 0.15) is 5.52 Å². The first-order valence-corrected chi connectivity index (χ1v) is 16.5. The van der Waals surface area contributed by atoms with Gasteiger partial charge < -0.3 is 8.98 Å². The van der Waals surface area contributed by atoms with E-state index in [0.29, 0.717) is 22.9 Å². The van der Waals surface area contributed by atoms with Gasteiger partial charge in [-0.2, -0.15) is 0 Å². The van der Waals surface area contributed by atoms with Gasteiger partial charge in [-0.1, -0.05) is 133 Å². The molecule has 0 saturated carbocycles. The Balaban J connectivity index is 1.15. The number of hydrogen-bond donors (Lipinski definition) is 0. The van der Waals surface area contributed by atoms with E-state index in [9.17, 15) is 0 Å². The fraction of sp³-hybridized carbons (Fsp3) is 0.0227. The van der Waals surface area contributed by atoms with E-state index in [1.165, 1.54) is 49.6 Å². The molecule has 8 aromatic rings. The van der Waals surface area contributed by atoms with Crippen molar-refractivity contribution in [2.45, 2.75) is 6.42 Å². The first-order valence-electron chi connectivity index (χ1n) is 16.1. The van der Waals surface area contributed by atoms with Crippen LogP contribution in [0.1, 0.15) is 17.9 Å². The van der Waals surface area contributed by atoms with E-state index in [0.717, 1.165) is 22.4 Å². The second-order valence-electron chi connectivity index (χ2n) is 12.0. The number of benzene rings is 6. The third-order valence-corrected chi connectivity index (χ3v) is 9.49. The highest BCUT2D eigenvalue weighted by Crippen LogP contribution is 2.40. The standard InChI is InChI=1S/C44H29ClN2O/c45-39-21-11-22-40-43(39)48-44(46-40)30-13-10-12-29(24-25-30)33-16-4-6-18-35(33)36-19-7-5-17-34(36)31-26-27-42-38(28-31)37-20-8-9-23-41(37)47(42)32-14-2-1-3-15-32/h1-12,14-28H,13H2. The van der Waals surface area contributed by atoms with Crippen molar-refractivity contribution in [3.63, 3.8) is 0 Å². The minimum atomic E-state index is 0.570. The van der Waals surface area contributed by atoms with Crippen LogP contribution in [0.2, 0.25) is 5.02 Å². The van der Waals surface area contributed by atoms with Gasteiger partial charge in [-0.3, -0.25) is 0 Å². The van der Waals surface area contributed by atoms with Crippen LogP contribution in [-0.4, -0.2) is 9.55 Å². The molecule has 0 unspecified atom stereocenters. The highest BCUT2D eigenvalue weighted by molar-refractivity contribution is 6.34. The van der Waals surface area contributed by atoms with Crippen LogP contribution in [-0.2, 0) is 0 Å². The summed E-state index contributed by atoms with van der Waals surface area (Å²) in [5, 5.41) is 3.05. The molecule has 228 valence electrons. The monoisotopic (exact) mass is 636 g/mol. The quantitative estimate of drug-likeness (QED) is 0.188. The maximum absolute atomic E-state index is 6.38. The molecule has 48 heavy (non-hydrogen) atoms. The molecule has 1 aliphatic carbocycles. The number of halogens is 1. The third-order valence-electron chi connectivity index (χ3n) is 9.19. The number of oxazole rings is 1. The van der Waals surface area contributed by atoms with E-state index in [2.05, 4.69) is 150 Å². The van der Waals surface area contributed by atoms with Gasteiger partial charge in [-0.25, -0.2) is 4.98 Å². The van der Waals surface area contributed by atoms with Crippen LogP contribution in [0.3, 0.4) is 0 Å². The Morgan fingerprint density at radius 2 is 1.31 bits per heavy atom. The Bertz CT molecular complexity index is 2600. The molecule has 6 aromatic carbocycles. The fourth-order valence-corrected chi connectivity index (χ4v) is 7.16. The summed E-state index contributed by atoms with van der Waals surface area (Å²) in [4.78, 5) is 4.72. The van der Waals surface area contributed by atoms with E-state index < -0.39 is 0 Å². The van der Waals surface area contributed by atoms with Crippen molar-refractivity contribution in [1.82, 2.24) is 9.55 Å². The van der Waals surface area contributed by atoms with Crippen molar-refractivity contribution in [2.24, 2.45) is 0 Å². The lowest BCUT2D eigenvalue weighted by atomic mass is 9.89. The molecule has 0 radical (unpaired) electrons. The Hall–Kier alpha value is -5.90. The number of fused-ring (bicyclic) bond motifs is 4. The molecule has 4 heteroatoms. The number of aromatic nitrogens is 2. The highest BCUT2D eigenvalue weighted by atomic mass is 35.5. The maximum atomic E-state index is 6.38. The van der Waals surface area contributed by atoms with Crippen LogP contribution in [0.25, 0.3) is 72.0 Å². The van der Waals surface area contributed by atoms with Crippen LogP contribution < -0.4 is 0 Å². The third kappa shape index (κ3) is 4.79. The average Bonchev–Trinajstić information content (AvgIpc) is 3.63. The van der Waals surface area contributed by atoms with Crippen molar-refractivity contribution in [2.75, 3.05) is 0 Å². The molecule has 3 nitrogen and oxygen atoms in total. The maximum Gasteiger partial charge on any atom is 0.223 e. The van der Waals surface area contributed by atoms with E-state index in [1.807, 2.05) is 18.2 Å². The second kappa shape index (κ2) is 11.7. The lowest BCUT2D eigenvalue weighted by Crippen LogP contribution is -1.93. The summed E-state index contributed by atoms with van der Waals surface area (Å²) in [5.41, 5.74) is 13.0. The molecule has 0 atom stereocenters. The summed E-state index contributed by atoms with van der Waals surface area (Å²) in [6.45, 7) is 0. The predicted molar refractivity (Wildman–Crippen MR) is 200 cm³/mol. The normalized spacial score (nSPS) is 13.2. The van der Waals surface area contributed by atoms with Crippen LogP contribution in [0.4, 0.5) is 0 Å². The van der Waals surface area contributed by atoms with Crippen LogP contribution in [0.15, 0.2) is 168 Å². The molecule has 1 aliphatic rings. The molecule has 0 amide bonds. The summed E-state index contributed by atoms with van der Waals surface area (Å²) >= 11 is 6.38. The van der Waals surface area contributed by atoms with Crippen LogP contribution in [0, 0.1) is 0 Å². The van der Waals surface area contributed by atoms with Gasteiger partial charge >= 0.3 is 0 Å². The lowest BCUT2D eigenvalue weighted by molar-refractivity contribution is 0.582. The molecule has 0 saturated heterocycles. The smallest absolute Gasteiger partial charge is 0.223 e. The highest BCUT2D eigenvalue weighted by Gasteiger charge is 2.18. The first kappa shape index (κ1) is 28.3. The number of hydrogen-bond acceptors (Lipinski definition) is 2. The number of allylic oxidation sites excluding steroid dienone is 6. The topological polar surface area (TPSA) is 31.0 Å². The minimum Gasteiger partial charge on any atom is -0.435 e. The zero-order valence-corrected chi connectivity index (χ0v) is 26.7. The van der Waals surface area contributed by atoms with Crippen molar-refractivity contribution >= 4 is 55.7 Å². The Morgan fingerprint density at radius 3 is 2.15 bits per heavy atom. The summed E-state index contributed by atoms with van der Waals surface area (Å²) < 4.78 is 8.46. The van der Waals surface area contributed by atoms with Crippen LogP contribution >= 0.6 is 11.6 Å². The molecule has 0 bridgehead atoms. The van der Waals surface area contributed by atoms with Gasteiger partial charge in [-0.05, 0) is 82.3 Å². The van der Waals surface area contributed by atoms with Gasteiger partial charge in [0.2, 0.25) is 5.89 Å². The molecule has 0 spiro atoms. The van der Waals surface area contributed by atoms with E-state index in [-0.39, 0.29) is 0 Å². The minimum absolute atomic E-state index is 0.570. The Kier molecular flexibility index (Phi) is 6.92. The molecular formula is C44H29ClN2O. The molecule has 0 N–H and O–H groups in total. The van der Waals surface area contributed by atoms with Crippen molar-refractivity contribution in [1.29, 1.82) is 0 Å². The number of nitrogens with zero attached hydrogens (tertiary/aromatic N) is 2. The first-order chi connectivity index (χ1) is 23.7. The lowest BCUT2D eigenvalue weighted by Gasteiger charge is -2.15. The van der Waals surface area contributed by atoms with Gasteiger partial charge in [0, 0.05) is 22.0 Å². The molecule has 2 aromatic heterocycles. The zero-order chi connectivity index (χ0) is 32.0. The Morgan fingerprint density at radius 1 is 0.604 bits per heavy atom. The van der Waals surface area contributed by atoms with Crippen molar-refractivity contribution in [3.05, 3.63) is 180 Å². The largest absolute Gasteiger partial charge is 0.435 e. The van der Waals surface area contributed by atoms with E-state index in [4.69, 9.17) is 21.0 Å². The average molecular weight is 637 g/mol. The van der Waals surface area contributed by atoms with E-state index >= 15 is 0 Å². The summed E-state index contributed by atoms with van der Waals surface area (Å²) in [7, 11) is 0. The summed E-state index contributed by atoms with van der Waals surface area (Å²) in [6, 6.07) is 49.2. The van der Waals surface area contributed by atoms with Gasteiger partial charge in [0.05, 0.1) is 16.1 Å².